The number of rotatable bonds is 4. The SMILES string of the molecule is C=CC(=O)N1CCC(N(C)c2ncnc3c(F)c(-c4ccc(F)c5sc(N)c(C#N)c45)c(C(F)(F)F)cc23)C1. The van der Waals surface area contributed by atoms with Crippen molar-refractivity contribution in [3.05, 3.63) is 59.9 Å². The second-order valence-corrected chi connectivity index (χ2v) is 10.1. The Morgan fingerprint density at radius 1 is 1.33 bits per heavy atom. The van der Waals surface area contributed by atoms with Gasteiger partial charge in [-0.3, -0.25) is 4.79 Å². The van der Waals surface area contributed by atoms with Crippen LogP contribution in [0.1, 0.15) is 17.5 Å². The number of alkyl halides is 3. The van der Waals surface area contributed by atoms with Gasteiger partial charge in [-0.05, 0) is 30.2 Å². The molecular weight excluding hydrogens is 539 g/mol. The fourth-order valence-electron chi connectivity index (χ4n) is 4.98. The molecule has 2 aromatic heterocycles. The summed E-state index contributed by atoms with van der Waals surface area (Å²) in [6, 6.07) is 4.17. The van der Waals surface area contributed by atoms with Gasteiger partial charge in [-0.15, -0.1) is 11.3 Å². The molecule has 1 amide bonds. The number of hydrogen-bond donors (Lipinski definition) is 1. The third-order valence-electron chi connectivity index (χ3n) is 6.88. The molecule has 1 atom stereocenters. The van der Waals surface area contributed by atoms with E-state index in [1.165, 1.54) is 6.08 Å². The van der Waals surface area contributed by atoms with Gasteiger partial charge < -0.3 is 15.5 Å². The van der Waals surface area contributed by atoms with Crippen LogP contribution in [-0.4, -0.2) is 47.0 Å². The summed E-state index contributed by atoms with van der Waals surface area (Å²) in [5.41, 5.74) is 2.68. The van der Waals surface area contributed by atoms with E-state index in [-0.39, 0.29) is 61.4 Å². The van der Waals surface area contributed by atoms with E-state index in [2.05, 4.69) is 16.5 Å². The molecule has 1 aliphatic rings. The quantitative estimate of drug-likeness (QED) is 0.263. The molecule has 3 heterocycles. The van der Waals surface area contributed by atoms with Crippen LogP contribution < -0.4 is 10.6 Å². The van der Waals surface area contributed by atoms with Gasteiger partial charge in [0, 0.05) is 42.5 Å². The summed E-state index contributed by atoms with van der Waals surface area (Å²) in [6.07, 6.45) is -2.30. The number of thiophene rings is 1. The van der Waals surface area contributed by atoms with Gasteiger partial charge in [-0.25, -0.2) is 18.7 Å². The highest BCUT2D eigenvalue weighted by atomic mass is 32.1. The summed E-state index contributed by atoms with van der Waals surface area (Å²) in [6.45, 7) is 4.17. The van der Waals surface area contributed by atoms with E-state index in [9.17, 15) is 27.6 Å². The molecule has 2 aromatic carbocycles. The van der Waals surface area contributed by atoms with Crippen LogP contribution in [0.5, 0.6) is 0 Å². The van der Waals surface area contributed by atoms with Crippen molar-refractivity contribution in [2.75, 3.05) is 30.8 Å². The molecule has 0 spiro atoms. The van der Waals surface area contributed by atoms with Crippen LogP contribution in [0.3, 0.4) is 0 Å². The Bertz CT molecular complexity index is 1710. The number of amides is 1. The number of carbonyl (C=O) groups excluding carboxylic acids is 1. The molecule has 0 saturated carbocycles. The molecule has 4 aromatic rings. The van der Waals surface area contributed by atoms with Gasteiger partial charge in [0.1, 0.15) is 34.5 Å². The van der Waals surface area contributed by atoms with Crippen molar-refractivity contribution >= 4 is 49.1 Å². The number of anilines is 2. The van der Waals surface area contributed by atoms with E-state index >= 15 is 4.39 Å². The van der Waals surface area contributed by atoms with Crippen molar-refractivity contribution in [2.45, 2.75) is 18.6 Å². The second-order valence-electron chi connectivity index (χ2n) is 9.00. The molecule has 2 N–H and O–H groups in total. The minimum atomic E-state index is -5.04. The first-order valence-electron chi connectivity index (χ1n) is 11.6. The first kappa shape index (κ1) is 26.3. The van der Waals surface area contributed by atoms with Gasteiger partial charge in [-0.1, -0.05) is 12.6 Å². The maximum atomic E-state index is 16.2. The molecule has 0 radical (unpaired) electrons. The van der Waals surface area contributed by atoms with Gasteiger partial charge in [0.15, 0.2) is 5.82 Å². The predicted octanol–water partition coefficient (Wildman–Crippen LogP) is 5.49. The van der Waals surface area contributed by atoms with Crippen molar-refractivity contribution in [1.82, 2.24) is 14.9 Å². The molecule has 7 nitrogen and oxygen atoms in total. The third kappa shape index (κ3) is 4.21. The monoisotopic (exact) mass is 558 g/mol. The Balaban J connectivity index is 1.75. The van der Waals surface area contributed by atoms with Crippen LogP contribution in [0, 0.1) is 23.0 Å². The zero-order valence-corrected chi connectivity index (χ0v) is 21.1. The normalized spacial score (nSPS) is 15.6. The molecule has 5 rings (SSSR count). The first-order chi connectivity index (χ1) is 18.5. The van der Waals surface area contributed by atoms with E-state index in [4.69, 9.17) is 5.73 Å². The van der Waals surface area contributed by atoms with Crippen LogP contribution in [-0.2, 0) is 11.0 Å². The lowest BCUT2D eigenvalue weighted by Crippen LogP contribution is -2.36. The standard InChI is InChI=1S/C26H19F5N6OS/c1-3-18(38)37-7-6-12(10-37)36(2)25-14-8-16(26(29,30)31)20(21(28)22(14)34-11-35-25)13-4-5-17(27)23-19(13)15(9-32)24(33)39-23/h3-5,8,11-12H,1,6-7,10,33H2,2H3. The van der Waals surface area contributed by atoms with Crippen molar-refractivity contribution in [3.8, 4) is 17.2 Å². The van der Waals surface area contributed by atoms with Gasteiger partial charge in [0.25, 0.3) is 0 Å². The molecule has 0 aliphatic carbocycles. The lowest BCUT2D eigenvalue weighted by molar-refractivity contribution is -0.137. The number of aromatic nitrogens is 2. The fraction of sp³-hybridized carbons (Fsp3) is 0.231. The molecule has 1 unspecified atom stereocenters. The summed E-state index contributed by atoms with van der Waals surface area (Å²) in [7, 11) is 1.60. The number of hydrogen-bond acceptors (Lipinski definition) is 7. The maximum absolute atomic E-state index is 16.2. The molecule has 13 heteroatoms. The van der Waals surface area contributed by atoms with E-state index in [1.54, 1.807) is 22.9 Å². The van der Waals surface area contributed by atoms with E-state index < -0.39 is 28.9 Å². The Labute approximate surface area is 222 Å². The number of nitriles is 1. The number of fused-ring (bicyclic) bond motifs is 2. The average molecular weight is 559 g/mol. The van der Waals surface area contributed by atoms with Gasteiger partial charge in [-0.2, -0.15) is 18.4 Å². The first-order valence-corrected chi connectivity index (χ1v) is 12.4. The number of nitrogen functional groups attached to an aromatic ring is 1. The zero-order chi connectivity index (χ0) is 28.2. The predicted molar refractivity (Wildman–Crippen MR) is 138 cm³/mol. The highest BCUT2D eigenvalue weighted by molar-refractivity contribution is 7.23. The van der Waals surface area contributed by atoms with Crippen molar-refractivity contribution in [1.29, 1.82) is 5.26 Å². The number of nitrogens with two attached hydrogens (primary N) is 1. The Kier molecular flexibility index (Phi) is 6.38. The molecule has 1 saturated heterocycles. The Morgan fingerprint density at radius 3 is 2.74 bits per heavy atom. The minimum Gasteiger partial charge on any atom is -0.389 e. The lowest BCUT2D eigenvalue weighted by Gasteiger charge is -2.27. The van der Waals surface area contributed by atoms with Crippen LogP contribution in [0.2, 0.25) is 0 Å². The molecule has 1 fully saturated rings. The number of likely N-dealkylation sites (tertiary alicyclic amines) is 1. The molecule has 0 bridgehead atoms. The van der Waals surface area contributed by atoms with E-state index in [0.717, 1.165) is 24.5 Å². The van der Waals surface area contributed by atoms with E-state index in [1.807, 2.05) is 0 Å². The van der Waals surface area contributed by atoms with Crippen molar-refractivity contribution in [3.63, 3.8) is 0 Å². The van der Waals surface area contributed by atoms with Crippen LogP contribution in [0.25, 0.3) is 32.1 Å². The number of carbonyl (C=O) groups is 1. The minimum absolute atomic E-state index is 0.0515. The Morgan fingerprint density at radius 2 is 2.08 bits per heavy atom. The zero-order valence-electron chi connectivity index (χ0n) is 20.3. The average Bonchev–Trinajstić information content (AvgIpc) is 3.53. The van der Waals surface area contributed by atoms with Gasteiger partial charge >= 0.3 is 6.18 Å². The number of halogens is 5. The highest BCUT2D eigenvalue weighted by Gasteiger charge is 2.38. The van der Waals surface area contributed by atoms with Crippen molar-refractivity contribution in [2.24, 2.45) is 0 Å². The summed E-state index contributed by atoms with van der Waals surface area (Å²) < 4.78 is 74.0. The molecular formula is C26H19F5N6OS. The highest BCUT2D eigenvalue weighted by Crippen LogP contribution is 2.47. The van der Waals surface area contributed by atoms with E-state index in [0.29, 0.717) is 24.3 Å². The summed E-state index contributed by atoms with van der Waals surface area (Å²) >= 11 is 0.696. The largest absolute Gasteiger partial charge is 0.417 e. The fourth-order valence-corrected chi connectivity index (χ4v) is 5.93. The third-order valence-corrected chi connectivity index (χ3v) is 7.91. The second kappa shape index (κ2) is 9.46. The van der Waals surface area contributed by atoms with Crippen LogP contribution in [0.4, 0.5) is 32.8 Å². The smallest absolute Gasteiger partial charge is 0.389 e. The van der Waals surface area contributed by atoms with Gasteiger partial charge in [0.05, 0.1) is 15.8 Å². The molecule has 39 heavy (non-hydrogen) atoms. The number of nitrogens with zero attached hydrogens (tertiary/aromatic N) is 5. The summed E-state index contributed by atoms with van der Waals surface area (Å²) in [5.74, 6) is -2.32. The Hall–Kier alpha value is -4.31. The van der Waals surface area contributed by atoms with Crippen LogP contribution in [0.15, 0.2) is 37.2 Å². The van der Waals surface area contributed by atoms with Crippen molar-refractivity contribution < 1.29 is 26.7 Å². The summed E-state index contributed by atoms with van der Waals surface area (Å²) in [5, 5.41) is 9.10. The molecule has 1 aliphatic heterocycles. The topological polar surface area (TPSA) is 99.1 Å². The lowest BCUT2D eigenvalue weighted by atomic mass is 9.92. The van der Waals surface area contributed by atoms with Gasteiger partial charge in [0.2, 0.25) is 5.91 Å². The maximum Gasteiger partial charge on any atom is 0.417 e. The number of benzene rings is 2. The molecule has 200 valence electrons. The van der Waals surface area contributed by atoms with Crippen LogP contribution >= 0.6 is 11.3 Å². The number of likely N-dealkylation sites (N-methyl/N-ethyl adjacent to an activating group) is 1. The summed E-state index contributed by atoms with van der Waals surface area (Å²) in [4.78, 5) is 23.2.